The monoisotopic (exact) mass is 189 g/mol. The zero-order valence-corrected chi connectivity index (χ0v) is 8.34. The van der Waals surface area contributed by atoms with Gasteiger partial charge in [-0.1, -0.05) is 31.3 Å². The Balaban J connectivity index is 2.38. The lowest BCUT2D eigenvalue weighted by Gasteiger charge is -2.17. The van der Waals surface area contributed by atoms with Gasteiger partial charge in [0.15, 0.2) is 0 Å². The number of hydrogen-bond donors (Lipinski definition) is 0. The predicted molar refractivity (Wildman–Crippen MR) is 60.2 cm³/mol. The number of hydrogen-bond acceptors (Lipinski definition) is 2. The maximum absolute atomic E-state index is 5.23. The number of rotatable bonds is 1. The number of aliphatic imine (C=N–C) groups is 1. The molecule has 66 valence electrons. The highest BCUT2D eigenvalue weighted by Crippen LogP contribution is 2.21. The SMILES string of the molecule is CCC1C=CC2=NC=CC(=S)C2=C1. The van der Waals surface area contributed by atoms with Crippen LogP contribution < -0.4 is 0 Å². The molecule has 0 aromatic rings. The molecular formula is C11H11NS. The molecule has 0 amide bonds. The van der Waals surface area contributed by atoms with Gasteiger partial charge < -0.3 is 0 Å². The third kappa shape index (κ3) is 1.54. The lowest BCUT2D eigenvalue weighted by atomic mass is 9.91. The zero-order chi connectivity index (χ0) is 9.26. The minimum absolute atomic E-state index is 0.526. The summed E-state index contributed by atoms with van der Waals surface area (Å²) in [5.74, 6) is 0.526. The minimum Gasteiger partial charge on any atom is -0.256 e. The predicted octanol–water partition coefficient (Wildman–Crippen LogP) is 2.85. The highest BCUT2D eigenvalue weighted by atomic mass is 32.1. The van der Waals surface area contributed by atoms with E-state index in [0.29, 0.717) is 5.92 Å². The standard InChI is InChI=1S/C11H11NS/c1-2-8-3-4-10-9(7-8)11(13)5-6-12-10/h3-8H,2H2,1H3. The minimum atomic E-state index is 0.526. The quantitative estimate of drug-likeness (QED) is 0.578. The molecule has 1 unspecified atom stereocenters. The van der Waals surface area contributed by atoms with Crippen LogP contribution in [-0.2, 0) is 0 Å². The van der Waals surface area contributed by atoms with Crippen molar-refractivity contribution in [1.82, 2.24) is 0 Å². The second kappa shape index (κ2) is 3.38. The van der Waals surface area contributed by atoms with Crippen LogP contribution in [0.3, 0.4) is 0 Å². The van der Waals surface area contributed by atoms with Crippen molar-refractivity contribution in [3.63, 3.8) is 0 Å². The largest absolute Gasteiger partial charge is 0.256 e. The molecule has 2 heteroatoms. The van der Waals surface area contributed by atoms with Gasteiger partial charge in [-0.05, 0) is 24.5 Å². The van der Waals surface area contributed by atoms with Gasteiger partial charge in [0.2, 0.25) is 0 Å². The third-order valence-electron chi connectivity index (χ3n) is 2.33. The highest BCUT2D eigenvalue weighted by Gasteiger charge is 2.16. The lowest BCUT2D eigenvalue weighted by Crippen LogP contribution is -2.15. The van der Waals surface area contributed by atoms with E-state index in [1.807, 2.05) is 6.08 Å². The van der Waals surface area contributed by atoms with Crippen molar-refractivity contribution in [2.75, 3.05) is 0 Å². The van der Waals surface area contributed by atoms with Crippen molar-refractivity contribution >= 4 is 22.8 Å². The summed E-state index contributed by atoms with van der Waals surface area (Å²) < 4.78 is 0. The van der Waals surface area contributed by atoms with Crippen LogP contribution in [0.1, 0.15) is 13.3 Å². The summed E-state index contributed by atoms with van der Waals surface area (Å²) in [4.78, 5) is 5.17. The van der Waals surface area contributed by atoms with Crippen molar-refractivity contribution < 1.29 is 0 Å². The molecule has 0 saturated heterocycles. The van der Waals surface area contributed by atoms with Crippen LogP contribution in [0.5, 0.6) is 0 Å². The normalized spacial score (nSPS) is 25.3. The Labute approximate surface area is 83.6 Å². The lowest BCUT2D eigenvalue weighted by molar-refractivity contribution is 0.770. The van der Waals surface area contributed by atoms with Crippen LogP contribution in [-0.4, -0.2) is 10.6 Å². The van der Waals surface area contributed by atoms with Crippen LogP contribution in [0.4, 0.5) is 0 Å². The summed E-state index contributed by atoms with van der Waals surface area (Å²) in [6.07, 6.45) is 11.2. The van der Waals surface area contributed by atoms with Gasteiger partial charge >= 0.3 is 0 Å². The maximum atomic E-state index is 5.23. The molecule has 0 bridgehead atoms. The number of nitrogens with zero attached hydrogens (tertiary/aromatic N) is 1. The fraction of sp³-hybridized carbons (Fsp3) is 0.273. The molecule has 1 heterocycles. The molecule has 0 N–H and O–H groups in total. The first-order chi connectivity index (χ1) is 6.31. The fourth-order valence-corrected chi connectivity index (χ4v) is 1.74. The molecule has 0 fully saturated rings. The first-order valence-electron chi connectivity index (χ1n) is 4.50. The van der Waals surface area contributed by atoms with Crippen LogP contribution in [0.25, 0.3) is 0 Å². The number of thiocarbonyl (C=S) groups is 1. The molecule has 2 rings (SSSR count). The fourth-order valence-electron chi connectivity index (χ4n) is 1.51. The van der Waals surface area contributed by atoms with E-state index in [4.69, 9.17) is 12.2 Å². The third-order valence-corrected chi connectivity index (χ3v) is 2.69. The first kappa shape index (κ1) is 8.57. The average Bonchev–Trinajstić information content (AvgIpc) is 2.18. The average molecular weight is 189 g/mol. The summed E-state index contributed by atoms with van der Waals surface area (Å²) in [7, 11) is 0. The molecule has 0 spiro atoms. The van der Waals surface area contributed by atoms with E-state index in [1.54, 1.807) is 6.20 Å². The Hall–Kier alpha value is -1.02. The van der Waals surface area contributed by atoms with E-state index in [9.17, 15) is 0 Å². The highest BCUT2D eigenvalue weighted by molar-refractivity contribution is 7.81. The van der Waals surface area contributed by atoms with Gasteiger partial charge in [0.05, 0.1) is 5.71 Å². The van der Waals surface area contributed by atoms with Crippen LogP contribution in [0.15, 0.2) is 41.1 Å². The van der Waals surface area contributed by atoms with Crippen molar-refractivity contribution in [2.45, 2.75) is 13.3 Å². The van der Waals surface area contributed by atoms with Gasteiger partial charge in [0.1, 0.15) is 0 Å². The van der Waals surface area contributed by atoms with Gasteiger partial charge in [0, 0.05) is 16.6 Å². The second-order valence-corrected chi connectivity index (χ2v) is 3.65. The smallest absolute Gasteiger partial charge is 0.0710 e. The Bertz CT molecular complexity index is 358. The molecule has 0 saturated carbocycles. The van der Waals surface area contributed by atoms with Crippen molar-refractivity contribution in [2.24, 2.45) is 10.9 Å². The molecule has 1 aliphatic heterocycles. The van der Waals surface area contributed by atoms with E-state index < -0.39 is 0 Å². The van der Waals surface area contributed by atoms with Gasteiger partial charge in [-0.3, -0.25) is 4.99 Å². The van der Waals surface area contributed by atoms with Gasteiger partial charge in [-0.2, -0.15) is 0 Å². The molecule has 1 nitrogen and oxygen atoms in total. The number of fused-ring (bicyclic) bond motifs is 1. The van der Waals surface area contributed by atoms with Gasteiger partial charge in [0.25, 0.3) is 0 Å². The molecule has 1 atom stereocenters. The first-order valence-corrected chi connectivity index (χ1v) is 4.91. The maximum Gasteiger partial charge on any atom is 0.0710 e. The molecular weight excluding hydrogens is 178 g/mol. The summed E-state index contributed by atoms with van der Waals surface area (Å²) in [6.45, 7) is 2.18. The van der Waals surface area contributed by atoms with Gasteiger partial charge in [-0.15, -0.1) is 0 Å². The summed E-state index contributed by atoms with van der Waals surface area (Å²) in [6, 6.07) is 0. The topological polar surface area (TPSA) is 12.4 Å². The van der Waals surface area contributed by atoms with E-state index in [-0.39, 0.29) is 0 Å². The molecule has 13 heavy (non-hydrogen) atoms. The Morgan fingerprint density at radius 1 is 1.46 bits per heavy atom. The van der Waals surface area contributed by atoms with Crippen molar-refractivity contribution in [3.8, 4) is 0 Å². The zero-order valence-electron chi connectivity index (χ0n) is 7.53. The van der Waals surface area contributed by atoms with Crippen molar-refractivity contribution in [3.05, 3.63) is 36.1 Å². The van der Waals surface area contributed by atoms with E-state index in [0.717, 1.165) is 22.6 Å². The van der Waals surface area contributed by atoms with Gasteiger partial charge in [-0.25, -0.2) is 0 Å². The van der Waals surface area contributed by atoms with E-state index in [2.05, 4.69) is 30.1 Å². The Morgan fingerprint density at radius 3 is 3.08 bits per heavy atom. The molecule has 0 aromatic carbocycles. The van der Waals surface area contributed by atoms with Crippen LogP contribution in [0.2, 0.25) is 0 Å². The second-order valence-electron chi connectivity index (χ2n) is 3.21. The summed E-state index contributed by atoms with van der Waals surface area (Å²) in [5, 5.41) is 0. The summed E-state index contributed by atoms with van der Waals surface area (Å²) in [5.41, 5.74) is 2.14. The summed E-state index contributed by atoms with van der Waals surface area (Å²) >= 11 is 5.23. The van der Waals surface area contributed by atoms with E-state index in [1.165, 1.54) is 0 Å². The molecule has 0 aromatic heterocycles. The van der Waals surface area contributed by atoms with Crippen molar-refractivity contribution in [1.29, 1.82) is 0 Å². The Morgan fingerprint density at radius 2 is 2.31 bits per heavy atom. The Kier molecular flexibility index (Phi) is 2.23. The molecule has 1 aliphatic carbocycles. The van der Waals surface area contributed by atoms with E-state index >= 15 is 0 Å². The molecule has 0 radical (unpaired) electrons. The van der Waals surface area contributed by atoms with Crippen LogP contribution in [0, 0.1) is 5.92 Å². The van der Waals surface area contributed by atoms with Crippen LogP contribution >= 0.6 is 12.2 Å². The molecule has 2 aliphatic rings. The number of allylic oxidation sites excluding steroid dienone is 5.